The molecule has 18 heavy (non-hydrogen) atoms. The molecule has 0 aliphatic carbocycles. The van der Waals surface area contributed by atoms with Gasteiger partial charge in [-0.3, -0.25) is 15.1 Å². The van der Waals surface area contributed by atoms with Gasteiger partial charge in [0.25, 0.3) is 0 Å². The van der Waals surface area contributed by atoms with Crippen LogP contribution >= 0.6 is 15.9 Å². The zero-order valence-corrected chi connectivity index (χ0v) is 12.2. The highest BCUT2D eigenvalue weighted by molar-refractivity contribution is 9.10. The Balaban J connectivity index is 2.53. The molecular weight excluding hydrogens is 298 g/mol. The summed E-state index contributed by atoms with van der Waals surface area (Å²) in [5, 5.41) is 14.0. The van der Waals surface area contributed by atoms with Crippen LogP contribution in [0.25, 0.3) is 0 Å². The monoisotopic (exact) mass is 315 g/mol. The Bertz CT molecular complexity index is 410. The van der Waals surface area contributed by atoms with Crippen molar-refractivity contribution in [2.75, 3.05) is 11.9 Å². The molecule has 6 heteroatoms. The molecule has 0 radical (unpaired) electrons. The number of halogens is 1. The first-order valence-electron chi connectivity index (χ1n) is 6.04. The van der Waals surface area contributed by atoms with Gasteiger partial charge < -0.3 is 5.32 Å². The summed E-state index contributed by atoms with van der Waals surface area (Å²) in [6.07, 6.45) is 6.14. The summed E-state index contributed by atoms with van der Waals surface area (Å²) in [7, 11) is 0. The molecule has 0 bridgehead atoms. The van der Waals surface area contributed by atoms with E-state index in [0.717, 1.165) is 19.4 Å². The minimum absolute atomic E-state index is 0.00762. The number of nitrogens with zero attached hydrogens (tertiary/aromatic N) is 2. The van der Waals surface area contributed by atoms with Gasteiger partial charge in [-0.15, -0.1) is 0 Å². The molecule has 1 aromatic heterocycles. The molecule has 1 N–H and O–H groups in total. The molecule has 1 aromatic rings. The lowest BCUT2D eigenvalue weighted by molar-refractivity contribution is -0.384. The Labute approximate surface area is 115 Å². The molecule has 1 rings (SSSR count). The molecular formula is C12H18BrN3O2. The molecule has 0 aromatic carbocycles. The zero-order chi connectivity index (χ0) is 13.5. The Morgan fingerprint density at radius 1 is 1.44 bits per heavy atom. The van der Waals surface area contributed by atoms with Gasteiger partial charge in [0.15, 0.2) is 0 Å². The zero-order valence-electron chi connectivity index (χ0n) is 10.6. The van der Waals surface area contributed by atoms with E-state index in [-0.39, 0.29) is 5.69 Å². The third-order valence-corrected chi connectivity index (χ3v) is 3.19. The first kappa shape index (κ1) is 14.9. The lowest BCUT2D eigenvalue weighted by atomic mass is 10.1. The summed E-state index contributed by atoms with van der Waals surface area (Å²) < 4.78 is 0.626. The van der Waals surface area contributed by atoms with Crippen LogP contribution in [0.5, 0.6) is 0 Å². The molecule has 0 fully saturated rings. The molecule has 0 aliphatic rings. The van der Waals surface area contributed by atoms with Crippen LogP contribution in [0.4, 0.5) is 11.4 Å². The normalized spacial score (nSPS) is 10.7. The van der Waals surface area contributed by atoms with Crippen LogP contribution in [0, 0.1) is 16.0 Å². The maximum absolute atomic E-state index is 10.9. The summed E-state index contributed by atoms with van der Waals surface area (Å²) in [5.41, 5.74) is 0.521. The molecule has 0 unspecified atom stereocenters. The van der Waals surface area contributed by atoms with Crippen LogP contribution in [0.3, 0.4) is 0 Å². The van der Waals surface area contributed by atoms with Gasteiger partial charge in [0.05, 0.1) is 9.40 Å². The second-order valence-electron chi connectivity index (χ2n) is 4.59. The van der Waals surface area contributed by atoms with Gasteiger partial charge in [0.2, 0.25) is 0 Å². The maximum Gasteiger partial charge on any atom is 0.311 e. The molecule has 100 valence electrons. The van der Waals surface area contributed by atoms with Crippen LogP contribution in [0.1, 0.15) is 33.1 Å². The first-order valence-corrected chi connectivity index (χ1v) is 6.83. The minimum Gasteiger partial charge on any atom is -0.378 e. The number of unbranched alkanes of at least 4 members (excludes halogenated alkanes) is 1. The van der Waals surface area contributed by atoms with E-state index in [0.29, 0.717) is 16.1 Å². The number of nitrogens with one attached hydrogen (secondary N) is 1. The Morgan fingerprint density at radius 2 is 2.17 bits per heavy atom. The van der Waals surface area contributed by atoms with Crippen molar-refractivity contribution in [1.82, 2.24) is 4.98 Å². The van der Waals surface area contributed by atoms with E-state index in [2.05, 4.69) is 40.1 Å². The Kier molecular flexibility index (Phi) is 6.04. The van der Waals surface area contributed by atoms with Gasteiger partial charge in [-0.05, 0) is 28.3 Å². The number of hydrogen-bond donors (Lipinski definition) is 1. The van der Waals surface area contributed by atoms with Crippen molar-refractivity contribution >= 4 is 27.3 Å². The van der Waals surface area contributed by atoms with Crippen LogP contribution in [0.15, 0.2) is 16.9 Å². The topological polar surface area (TPSA) is 68.1 Å². The third kappa shape index (κ3) is 4.60. The molecule has 0 atom stereocenters. The average molecular weight is 316 g/mol. The lowest BCUT2D eigenvalue weighted by Crippen LogP contribution is -2.06. The number of nitro groups is 1. The molecule has 0 spiro atoms. The molecule has 5 nitrogen and oxygen atoms in total. The Morgan fingerprint density at radius 3 is 2.78 bits per heavy atom. The summed E-state index contributed by atoms with van der Waals surface area (Å²) in [6.45, 7) is 5.12. The fourth-order valence-corrected chi connectivity index (χ4v) is 2.09. The number of hydrogen-bond acceptors (Lipinski definition) is 4. The van der Waals surface area contributed by atoms with E-state index in [1.54, 1.807) is 6.20 Å². The van der Waals surface area contributed by atoms with Crippen molar-refractivity contribution in [3.05, 3.63) is 27.0 Å². The predicted molar refractivity (Wildman–Crippen MR) is 75.8 cm³/mol. The van der Waals surface area contributed by atoms with Gasteiger partial charge in [-0.1, -0.05) is 26.7 Å². The second-order valence-corrected chi connectivity index (χ2v) is 5.44. The SMILES string of the molecule is CC(C)CCCCNc1c(Br)cncc1[N+](=O)[O-]. The van der Waals surface area contributed by atoms with Crippen molar-refractivity contribution in [2.24, 2.45) is 5.92 Å². The summed E-state index contributed by atoms with van der Waals surface area (Å²) in [5.74, 6) is 0.701. The minimum atomic E-state index is -0.422. The lowest BCUT2D eigenvalue weighted by Gasteiger charge is -2.09. The number of anilines is 1. The number of rotatable bonds is 7. The van der Waals surface area contributed by atoms with E-state index in [1.807, 2.05) is 0 Å². The highest BCUT2D eigenvalue weighted by Crippen LogP contribution is 2.30. The van der Waals surface area contributed by atoms with Crippen LogP contribution in [-0.2, 0) is 0 Å². The first-order chi connectivity index (χ1) is 8.52. The van der Waals surface area contributed by atoms with Crippen LogP contribution in [-0.4, -0.2) is 16.5 Å². The average Bonchev–Trinajstić information content (AvgIpc) is 2.29. The van der Waals surface area contributed by atoms with Gasteiger partial charge in [-0.25, -0.2) is 0 Å². The standard InChI is InChI=1S/C12H18BrN3O2/c1-9(2)5-3-4-6-15-12-10(13)7-14-8-11(12)16(17)18/h7-9H,3-6H2,1-2H3,(H,14,15). The predicted octanol–water partition coefficient (Wildman–Crippen LogP) is 3.99. The van der Waals surface area contributed by atoms with Crippen molar-refractivity contribution in [1.29, 1.82) is 0 Å². The number of pyridine rings is 1. The van der Waals surface area contributed by atoms with Gasteiger partial charge >= 0.3 is 5.69 Å². The largest absolute Gasteiger partial charge is 0.378 e. The Hall–Kier alpha value is -1.17. The smallest absolute Gasteiger partial charge is 0.311 e. The summed E-state index contributed by atoms with van der Waals surface area (Å²) in [6, 6.07) is 0. The molecule has 0 aliphatic heterocycles. The third-order valence-electron chi connectivity index (χ3n) is 2.59. The van der Waals surface area contributed by atoms with E-state index in [4.69, 9.17) is 0 Å². The summed E-state index contributed by atoms with van der Waals surface area (Å²) in [4.78, 5) is 14.2. The molecule has 0 saturated heterocycles. The second kappa shape index (κ2) is 7.31. The van der Waals surface area contributed by atoms with E-state index in [1.165, 1.54) is 12.6 Å². The van der Waals surface area contributed by atoms with Gasteiger partial charge in [-0.2, -0.15) is 0 Å². The highest BCUT2D eigenvalue weighted by atomic mass is 79.9. The van der Waals surface area contributed by atoms with Gasteiger partial charge in [0, 0.05) is 12.7 Å². The number of aromatic nitrogens is 1. The molecule has 0 amide bonds. The van der Waals surface area contributed by atoms with Crippen molar-refractivity contribution in [2.45, 2.75) is 33.1 Å². The maximum atomic E-state index is 10.9. The fraction of sp³-hybridized carbons (Fsp3) is 0.583. The van der Waals surface area contributed by atoms with Crippen LogP contribution in [0.2, 0.25) is 0 Å². The van der Waals surface area contributed by atoms with Gasteiger partial charge in [0.1, 0.15) is 11.9 Å². The van der Waals surface area contributed by atoms with Crippen LogP contribution < -0.4 is 5.32 Å². The molecule has 1 heterocycles. The quantitative estimate of drug-likeness (QED) is 0.469. The fourth-order valence-electron chi connectivity index (χ4n) is 1.63. The van der Waals surface area contributed by atoms with Crippen molar-refractivity contribution < 1.29 is 4.92 Å². The van der Waals surface area contributed by atoms with Crippen molar-refractivity contribution in [3.63, 3.8) is 0 Å². The molecule has 0 saturated carbocycles. The highest BCUT2D eigenvalue weighted by Gasteiger charge is 2.16. The van der Waals surface area contributed by atoms with E-state index < -0.39 is 4.92 Å². The van der Waals surface area contributed by atoms with Crippen molar-refractivity contribution in [3.8, 4) is 0 Å². The van der Waals surface area contributed by atoms with E-state index in [9.17, 15) is 10.1 Å². The van der Waals surface area contributed by atoms with E-state index >= 15 is 0 Å². The summed E-state index contributed by atoms with van der Waals surface area (Å²) >= 11 is 3.28.